The number of benzene rings is 2. The largest absolute Gasteiger partial charge is 0.481 e. The summed E-state index contributed by atoms with van der Waals surface area (Å²) in [6, 6.07) is 12.4. The lowest BCUT2D eigenvalue weighted by Gasteiger charge is -2.16. The van der Waals surface area contributed by atoms with Crippen LogP contribution in [0.3, 0.4) is 0 Å². The van der Waals surface area contributed by atoms with E-state index < -0.39 is 5.91 Å². The summed E-state index contributed by atoms with van der Waals surface area (Å²) < 4.78 is 18.5. The highest BCUT2D eigenvalue weighted by atomic mass is 35.5. The number of hydrogen-bond donors (Lipinski definition) is 2. The number of carbonyl (C=O) groups is 1. The SMILES string of the molecule is COc1ccc(NC(=O)c2cc(C#N)c(Cl)cc2Nc2ccc(F)cc2C)c(C)n1. The average molecular weight is 425 g/mol. The number of amides is 1. The van der Waals surface area contributed by atoms with Gasteiger partial charge in [0.25, 0.3) is 5.91 Å². The average Bonchev–Trinajstić information content (AvgIpc) is 2.71. The summed E-state index contributed by atoms with van der Waals surface area (Å²) in [5.74, 6) is -0.394. The van der Waals surface area contributed by atoms with Crippen LogP contribution in [0.1, 0.15) is 27.2 Å². The van der Waals surface area contributed by atoms with Crippen molar-refractivity contribution < 1.29 is 13.9 Å². The Labute approximate surface area is 178 Å². The molecule has 1 amide bonds. The molecule has 0 aliphatic rings. The molecule has 6 nitrogen and oxygen atoms in total. The number of nitriles is 1. The summed E-state index contributed by atoms with van der Waals surface area (Å²) in [4.78, 5) is 17.3. The molecular weight excluding hydrogens is 407 g/mol. The number of anilines is 3. The number of nitrogens with one attached hydrogen (secondary N) is 2. The van der Waals surface area contributed by atoms with Crippen LogP contribution >= 0.6 is 11.6 Å². The number of hydrogen-bond acceptors (Lipinski definition) is 5. The molecule has 0 aliphatic heterocycles. The molecule has 0 atom stereocenters. The van der Waals surface area contributed by atoms with Gasteiger partial charge in [-0.05, 0) is 55.8 Å². The first-order valence-corrected chi connectivity index (χ1v) is 9.30. The van der Waals surface area contributed by atoms with Crippen LogP contribution in [0.4, 0.5) is 21.5 Å². The zero-order chi connectivity index (χ0) is 21.8. The Kier molecular flexibility index (Phi) is 6.19. The smallest absolute Gasteiger partial charge is 0.257 e. The molecule has 1 aromatic heterocycles. The number of methoxy groups -OCH3 is 1. The van der Waals surface area contributed by atoms with Gasteiger partial charge in [-0.25, -0.2) is 9.37 Å². The van der Waals surface area contributed by atoms with Crippen molar-refractivity contribution in [3.05, 3.63) is 75.7 Å². The summed E-state index contributed by atoms with van der Waals surface area (Å²) in [6.45, 7) is 3.48. The molecule has 0 saturated heterocycles. The Bertz CT molecular complexity index is 1170. The van der Waals surface area contributed by atoms with Crippen LogP contribution in [-0.2, 0) is 0 Å². The summed E-state index contributed by atoms with van der Waals surface area (Å²) >= 11 is 6.18. The molecule has 1 heterocycles. The molecule has 2 aromatic carbocycles. The molecule has 0 saturated carbocycles. The molecule has 8 heteroatoms. The predicted molar refractivity (Wildman–Crippen MR) is 114 cm³/mol. The van der Waals surface area contributed by atoms with Gasteiger partial charge in [-0.3, -0.25) is 4.79 Å². The number of halogens is 2. The zero-order valence-electron chi connectivity index (χ0n) is 16.5. The Balaban J connectivity index is 1.99. The van der Waals surface area contributed by atoms with Crippen molar-refractivity contribution in [3.8, 4) is 11.9 Å². The van der Waals surface area contributed by atoms with E-state index in [1.807, 2.05) is 6.07 Å². The van der Waals surface area contributed by atoms with Crippen LogP contribution in [0.2, 0.25) is 5.02 Å². The second-order valence-electron chi connectivity index (χ2n) is 6.51. The Morgan fingerprint density at radius 2 is 1.87 bits per heavy atom. The van der Waals surface area contributed by atoms with Gasteiger partial charge in [0, 0.05) is 11.8 Å². The topological polar surface area (TPSA) is 87.0 Å². The molecule has 0 spiro atoms. The van der Waals surface area contributed by atoms with E-state index in [1.165, 1.54) is 31.4 Å². The number of nitrogens with zero attached hydrogens (tertiary/aromatic N) is 2. The van der Waals surface area contributed by atoms with E-state index in [2.05, 4.69) is 15.6 Å². The van der Waals surface area contributed by atoms with Gasteiger partial charge in [-0.2, -0.15) is 5.26 Å². The minimum atomic E-state index is -0.458. The maximum Gasteiger partial charge on any atom is 0.257 e. The molecule has 0 unspecified atom stereocenters. The van der Waals surface area contributed by atoms with Crippen LogP contribution in [0.15, 0.2) is 42.5 Å². The quantitative estimate of drug-likeness (QED) is 0.575. The minimum Gasteiger partial charge on any atom is -0.481 e. The lowest BCUT2D eigenvalue weighted by molar-refractivity contribution is 0.102. The molecule has 0 fully saturated rings. The maximum absolute atomic E-state index is 13.4. The van der Waals surface area contributed by atoms with E-state index in [4.69, 9.17) is 16.3 Å². The number of aryl methyl sites for hydroxylation is 2. The van der Waals surface area contributed by atoms with Crippen LogP contribution in [0.5, 0.6) is 5.88 Å². The molecule has 3 rings (SSSR count). The zero-order valence-corrected chi connectivity index (χ0v) is 17.3. The van der Waals surface area contributed by atoms with E-state index >= 15 is 0 Å². The third kappa shape index (κ3) is 4.50. The van der Waals surface area contributed by atoms with E-state index in [0.29, 0.717) is 34.2 Å². The van der Waals surface area contributed by atoms with Gasteiger partial charge in [-0.1, -0.05) is 11.6 Å². The highest BCUT2D eigenvalue weighted by molar-refractivity contribution is 6.32. The highest BCUT2D eigenvalue weighted by Gasteiger charge is 2.18. The van der Waals surface area contributed by atoms with Crippen molar-refractivity contribution in [2.75, 3.05) is 17.7 Å². The number of carbonyl (C=O) groups excluding carboxylic acids is 1. The van der Waals surface area contributed by atoms with E-state index in [9.17, 15) is 14.4 Å². The van der Waals surface area contributed by atoms with Gasteiger partial charge in [-0.15, -0.1) is 0 Å². The lowest BCUT2D eigenvalue weighted by atomic mass is 10.1. The van der Waals surface area contributed by atoms with Gasteiger partial charge < -0.3 is 15.4 Å². The lowest BCUT2D eigenvalue weighted by Crippen LogP contribution is -2.15. The standard InChI is InChI=1S/C22H18ClFN4O2/c1-12-8-15(24)4-5-18(12)27-20-10-17(23)14(11-25)9-16(20)22(29)28-19-6-7-21(30-3)26-13(19)2/h4-10,27H,1-3H3,(H,28,29). The monoisotopic (exact) mass is 424 g/mol. The minimum absolute atomic E-state index is 0.160. The predicted octanol–water partition coefficient (Wildman–Crippen LogP) is 5.37. The molecule has 0 radical (unpaired) electrons. The first-order chi connectivity index (χ1) is 14.3. The van der Waals surface area contributed by atoms with E-state index in [0.717, 1.165) is 0 Å². The van der Waals surface area contributed by atoms with E-state index in [1.54, 1.807) is 32.0 Å². The third-order valence-corrected chi connectivity index (χ3v) is 4.76. The van der Waals surface area contributed by atoms with Crippen molar-refractivity contribution >= 4 is 34.6 Å². The van der Waals surface area contributed by atoms with Crippen LogP contribution in [0, 0.1) is 31.0 Å². The Morgan fingerprint density at radius 3 is 2.50 bits per heavy atom. The third-order valence-electron chi connectivity index (χ3n) is 4.45. The first kappa shape index (κ1) is 21.1. The molecule has 2 N–H and O–H groups in total. The van der Waals surface area contributed by atoms with Gasteiger partial charge in [0.1, 0.15) is 11.9 Å². The summed E-state index contributed by atoms with van der Waals surface area (Å²) in [6.07, 6.45) is 0. The summed E-state index contributed by atoms with van der Waals surface area (Å²) in [5, 5.41) is 15.4. The molecule has 30 heavy (non-hydrogen) atoms. The molecule has 152 valence electrons. The van der Waals surface area contributed by atoms with Crippen LogP contribution in [-0.4, -0.2) is 18.0 Å². The van der Waals surface area contributed by atoms with Crippen molar-refractivity contribution in [1.82, 2.24) is 4.98 Å². The second kappa shape index (κ2) is 8.80. The Hall–Kier alpha value is -3.63. The molecular formula is C22H18ClFN4O2. The van der Waals surface area contributed by atoms with Gasteiger partial charge in [0.2, 0.25) is 5.88 Å². The maximum atomic E-state index is 13.4. The van der Waals surface area contributed by atoms with Gasteiger partial charge >= 0.3 is 0 Å². The van der Waals surface area contributed by atoms with Crippen LogP contribution < -0.4 is 15.4 Å². The Morgan fingerprint density at radius 1 is 1.13 bits per heavy atom. The van der Waals surface area contributed by atoms with Gasteiger partial charge in [0.15, 0.2) is 0 Å². The number of ether oxygens (including phenoxy) is 1. The van der Waals surface area contributed by atoms with E-state index in [-0.39, 0.29) is 22.0 Å². The van der Waals surface area contributed by atoms with Crippen molar-refractivity contribution in [1.29, 1.82) is 5.26 Å². The number of rotatable bonds is 5. The fourth-order valence-corrected chi connectivity index (χ4v) is 3.04. The fraction of sp³-hybridized carbons (Fsp3) is 0.136. The van der Waals surface area contributed by atoms with Crippen molar-refractivity contribution in [2.24, 2.45) is 0 Å². The second-order valence-corrected chi connectivity index (χ2v) is 6.92. The molecule has 0 bridgehead atoms. The highest BCUT2D eigenvalue weighted by Crippen LogP contribution is 2.30. The molecule has 0 aliphatic carbocycles. The van der Waals surface area contributed by atoms with Crippen molar-refractivity contribution in [3.63, 3.8) is 0 Å². The first-order valence-electron chi connectivity index (χ1n) is 8.92. The van der Waals surface area contributed by atoms with Crippen molar-refractivity contribution in [2.45, 2.75) is 13.8 Å². The fourth-order valence-electron chi connectivity index (χ4n) is 2.84. The summed E-state index contributed by atoms with van der Waals surface area (Å²) in [7, 11) is 1.51. The molecule has 3 aromatic rings. The summed E-state index contributed by atoms with van der Waals surface area (Å²) in [5.41, 5.74) is 3.07. The van der Waals surface area contributed by atoms with Crippen LogP contribution in [0.25, 0.3) is 0 Å². The van der Waals surface area contributed by atoms with Gasteiger partial charge in [0.05, 0.1) is 40.3 Å². The normalized spacial score (nSPS) is 10.3. The number of pyridine rings is 1. The number of aromatic nitrogens is 1.